The average Bonchev–Trinajstić information content (AvgIpc) is 3.03. The zero-order valence-corrected chi connectivity index (χ0v) is 14.1. The monoisotopic (exact) mass is 302 g/mol. The number of benzene rings is 1. The first-order valence-electron chi connectivity index (χ1n) is 8.48. The van der Waals surface area contributed by atoms with Gasteiger partial charge in [-0.25, -0.2) is 0 Å². The predicted octanol–water partition coefficient (Wildman–Crippen LogP) is 3.23. The summed E-state index contributed by atoms with van der Waals surface area (Å²) in [7, 11) is 1.85. The van der Waals surface area contributed by atoms with Gasteiger partial charge >= 0.3 is 0 Å². The molecule has 0 radical (unpaired) electrons. The van der Waals surface area contributed by atoms with Crippen molar-refractivity contribution in [3.63, 3.8) is 0 Å². The fraction of sp³-hybridized carbons (Fsp3) is 0.611. The van der Waals surface area contributed by atoms with Crippen LogP contribution in [0.1, 0.15) is 39.5 Å². The van der Waals surface area contributed by atoms with Gasteiger partial charge in [0.05, 0.1) is 0 Å². The van der Waals surface area contributed by atoms with Crippen molar-refractivity contribution in [3.05, 3.63) is 30.3 Å². The fourth-order valence-electron chi connectivity index (χ4n) is 2.87. The Kier molecular flexibility index (Phi) is 6.56. The molecule has 2 rings (SSSR count). The van der Waals surface area contributed by atoms with Gasteiger partial charge < -0.3 is 16.0 Å². The smallest absolute Gasteiger partial charge is 0.191 e. The first-order valence-corrected chi connectivity index (χ1v) is 8.48. The molecule has 0 saturated heterocycles. The lowest BCUT2D eigenvalue weighted by atomic mass is 10.0. The van der Waals surface area contributed by atoms with E-state index in [1.807, 2.05) is 13.1 Å². The van der Waals surface area contributed by atoms with Crippen molar-refractivity contribution in [3.8, 4) is 0 Å². The van der Waals surface area contributed by atoms with Crippen molar-refractivity contribution in [1.29, 1.82) is 0 Å². The third-order valence-electron chi connectivity index (χ3n) is 4.34. The number of rotatable bonds is 6. The van der Waals surface area contributed by atoms with E-state index in [4.69, 9.17) is 0 Å². The molecule has 0 aliphatic heterocycles. The first kappa shape index (κ1) is 16.7. The molecule has 3 N–H and O–H groups in total. The summed E-state index contributed by atoms with van der Waals surface area (Å²) in [6.07, 6.45) is 5.19. The van der Waals surface area contributed by atoms with Crippen LogP contribution in [0.5, 0.6) is 0 Å². The maximum atomic E-state index is 4.36. The van der Waals surface area contributed by atoms with Crippen molar-refractivity contribution < 1.29 is 0 Å². The molecule has 0 bridgehead atoms. The van der Waals surface area contributed by atoms with Gasteiger partial charge in [-0.2, -0.15) is 0 Å². The Hall–Kier alpha value is -1.71. The number of nitrogens with one attached hydrogen (secondary N) is 3. The number of para-hydroxylation sites is 1. The van der Waals surface area contributed by atoms with Crippen molar-refractivity contribution >= 4 is 11.6 Å². The average molecular weight is 302 g/mol. The van der Waals surface area contributed by atoms with Gasteiger partial charge in [-0.05, 0) is 30.9 Å². The predicted molar refractivity (Wildman–Crippen MR) is 95.4 cm³/mol. The Morgan fingerprint density at radius 2 is 1.86 bits per heavy atom. The minimum atomic E-state index is 0.365. The van der Waals surface area contributed by atoms with Crippen LogP contribution in [0.2, 0.25) is 0 Å². The van der Waals surface area contributed by atoms with Crippen molar-refractivity contribution in [2.24, 2.45) is 10.9 Å². The Morgan fingerprint density at radius 1 is 1.18 bits per heavy atom. The lowest BCUT2D eigenvalue weighted by Gasteiger charge is -2.26. The van der Waals surface area contributed by atoms with Crippen molar-refractivity contribution in [2.45, 2.75) is 51.6 Å². The van der Waals surface area contributed by atoms with Crippen LogP contribution in [0, 0.1) is 5.92 Å². The number of anilines is 1. The summed E-state index contributed by atoms with van der Waals surface area (Å²) in [4.78, 5) is 4.36. The fourth-order valence-corrected chi connectivity index (χ4v) is 2.87. The highest BCUT2D eigenvalue weighted by Gasteiger charge is 2.17. The highest BCUT2D eigenvalue weighted by molar-refractivity contribution is 5.80. The number of guanidine groups is 1. The second-order valence-electron chi connectivity index (χ2n) is 6.44. The lowest BCUT2D eigenvalue weighted by Crippen LogP contribution is -2.47. The maximum absolute atomic E-state index is 4.36. The molecule has 0 aromatic heterocycles. The Bertz CT molecular complexity index is 449. The second kappa shape index (κ2) is 8.66. The summed E-state index contributed by atoms with van der Waals surface area (Å²) < 4.78 is 0. The summed E-state index contributed by atoms with van der Waals surface area (Å²) in [5.41, 5.74) is 1.17. The van der Waals surface area contributed by atoms with E-state index in [9.17, 15) is 0 Å². The molecule has 22 heavy (non-hydrogen) atoms. The molecule has 0 amide bonds. The summed E-state index contributed by atoms with van der Waals surface area (Å²) in [6.45, 7) is 5.35. The van der Waals surface area contributed by atoms with Crippen LogP contribution in [0.3, 0.4) is 0 Å². The largest absolute Gasteiger partial charge is 0.380 e. The molecule has 0 heterocycles. The van der Waals surface area contributed by atoms with E-state index in [0.717, 1.165) is 12.5 Å². The van der Waals surface area contributed by atoms with Gasteiger partial charge in [0.2, 0.25) is 0 Å². The van der Waals surface area contributed by atoms with E-state index in [0.29, 0.717) is 18.0 Å². The normalized spacial score (nSPS) is 17.5. The van der Waals surface area contributed by atoms with Gasteiger partial charge in [-0.1, -0.05) is 44.9 Å². The highest BCUT2D eigenvalue weighted by Crippen LogP contribution is 2.17. The van der Waals surface area contributed by atoms with Crippen LogP contribution < -0.4 is 16.0 Å². The molecule has 122 valence electrons. The summed E-state index contributed by atoms with van der Waals surface area (Å²) in [5.74, 6) is 1.46. The maximum Gasteiger partial charge on any atom is 0.191 e. The van der Waals surface area contributed by atoms with E-state index in [-0.39, 0.29) is 0 Å². The van der Waals surface area contributed by atoms with E-state index in [1.54, 1.807) is 0 Å². The van der Waals surface area contributed by atoms with E-state index in [1.165, 1.54) is 31.4 Å². The number of hydrogen-bond donors (Lipinski definition) is 3. The SMILES string of the molecule is CN=C(NCC(Nc1ccccc1)C(C)C)NC1CCCC1. The van der Waals surface area contributed by atoms with Crippen LogP contribution in [-0.2, 0) is 0 Å². The number of nitrogens with zero attached hydrogens (tertiary/aromatic N) is 1. The highest BCUT2D eigenvalue weighted by atomic mass is 15.2. The second-order valence-corrected chi connectivity index (χ2v) is 6.44. The molecule has 1 aliphatic carbocycles. The molecule has 0 spiro atoms. The van der Waals surface area contributed by atoms with E-state index >= 15 is 0 Å². The first-order chi connectivity index (χ1) is 10.7. The van der Waals surface area contributed by atoms with Gasteiger partial charge in [-0.15, -0.1) is 0 Å². The van der Waals surface area contributed by atoms with Crippen LogP contribution >= 0.6 is 0 Å². The van der Waals surface area contributed by atoms with E-state index in [2.05, 4.69) is 59.1 Å². The Morgan fingerprint density at radius 3 is 2.45 bits per heavy atom. The van der Waals surface area contributed by atoms with Gasteiger partial charge in [0.1, 0.15) is 0 Å². The standard InChI is InChI=1S/C18H30N4/c1-14(2)17(21-15-9-5-4-6-10-15)13-20-18(19-3)22-16-11-7-8-12-16/h4-6,9-10,14,16-17,21H,7-8,11-13H2,1-3H3,(H2,19,20,22). The molecule has 1 aliphatic rings. The van der Waals surface area contributed by atoms with Crippen molar-refractivity contribution in [2.75, 3.05) is 18.9 Å². The molecule has 4 nitrogen and oxygen atoms in total. The molecular formula is C18H30N4. The number of aliphatic imine (C=N–C) groups is 1. The molecule has 1 unspecified atom stereocenters. The zero-order chi connectivity index (χ0) is 15.8. The quantitative estimate of drug-likeness (QED) is 0.558. The molecule has 1 atom stereocenters. The molecule has 4 heteroatoms. The minimum absolute atomic E-state index is 0.365. The third-order valence-corrected chi connectivity index (χ3v) is 4.34. The molecule has 1 saturated carbocycles. The number of hydrogen-bond acceptors (Lipinski definition) is 2. The molecular weight excluding hydrogens is 272 g/mol. The Balaban J connectivity index is 1.84. The van der Waals surface area contributed by atoms with Crippen LogP contribution in [0.4, 0.5) is 5.69 Å². The summed E-state index contributed by atoms with van der Waals surface area (Å²) >= 11 is 0. The van der Waals surface area contributed by atoms with Gasteiger partial charge in [0, 0.05) is 31.4 Å². The molecule has 1 fully saturated rings. The zero-order valence-electron chi connectivity index (χ0n) is 14.1. The summed E-state index contributed by atoms with van der Waals surface area (Å²) in [6, 6.07) is 11.3. The van der Waals surface area contributed by atoms with Crippen LogP contribution in [-0.4, -0.2) is 31.6 Å². The van der Waals surface area contributed by atoms with E-state index < -0.39 is 0 Å². The summed E-state index contributed by atoms with van der Waals surface area (Å²) in [5, 5.41) is 10.6. The lowest BCUT2D eigenvalue weighted by molar-refractivity contribution is 0.509. The van der Waals surface area contributed by atoms with Gasteiger partial charge in [-0.3, -0.25) is 4.99 Å². The van der Waals surface area contributed by atoms with Gasteiger partial charge in [0.15, 0.2) is 5.96 Å². The Labute approximate surface area is 134 Å². The topological polar surface area (TPSA) is 48.5 Å². The van der Waals surface area contributed by atoms with Crippen molar-refractivity contribution in [1.82, 2.24) is 10.6 Å². The van der Waals surface area contributed by atoms with Crippen LogP contribution in [0.25, 0.3) is 0 Å². The third kappa shape index (κ3) is 5.24. The minimum Gasteiger partial charge on any atom is -0.380 e. The van der Waals surface area contributed by atoms with Crippen LogP contribution in [0.15, 0.2) is 35.3 Å². The molecule has 1 aromatic rings. The molecule has 1 aromatic carbocycles. The van der Waals surface area contributed by atoms with Gasteiger partial charge in [0.25, 0.3) is 0 Å².